The van der Waals surface area contributed by atoms with Gasteiger partial charge in [0.15, 0.2) is 6.29 Å². The smallest absolute Gasteiger partial charge is 0.237 e. The van der Waals surface area contributed by atoms with E-state index in [1.165, 1.54) is 0 Å². The number of ether oxygens (including phenoxy) is 2. The molecule has 0 aliphatic heterocycles. The minimum atomic E-state index is -0.150. The van der Waals surface area contributed by atoms with Crippen LogP contribution in [0.4, 0.5) is 0 Å². The fraction of sp³-hybridized carbons (Fsp3) is 0.923. The van der Waals surface area contributed by atoms with Gasteiger partial charge in [0.2, 0.25) is 5.91 Å². The molecule has 0 aromatic heterocycles. The van der Waals surface area contributed by atoms with Crippen LogP contribution in [0.1, 0.15) is 32.6 Å². The SMILES string of the molecule is CNC(CCSPP)C(=O)N[C@@H](C)CCCC(OC)OC. The highest BCUT2D eigenvalue weighted by atomic mass is 32.9. The van der Waals surface area contributed by atoms with Crippen LogP contribution >= 0.6 is 27.8 Å². The highest BCUT2D eigenvalue weighted by Gasteiger charge is 2.18. The largest absolute Gasteiger partial charge is 0.356 e. The van der Waals surface area contributed by atoms with Crippen molar-refractivity contribution in [2.75, 3.05) is 27.0 Å². The molecule has 21 heavy (non-hydrogen) atoms. The summed E-state index contributed by atoms with van der Waals surface area (Å²) in [6.45, 7) is 2.04. The molecular weight excluding hydrogens is 326 g/mol. The van der Waals surface area contributed by atoms with Crippen LogP contribution in [0.2, 0.25) is 0 Å². The molecule has 2 N–H and O–H groups in total. The zero-order valence-corrected chi connectivity index (χ0v) is 16.4. The molecule has 8 heteroatoms. The lowest BCUT2D eigenvalue weighted by Gasteiger charge is -2.20. The van der Waals surface area contributed by atoms with Gasteiger partial charge in [-0.05, 0) is 52.9 Å². The van der Waals surface area contributed by atoms with Crippen molar-refractivity contribution in [2.24, 2.45) is 0 Å². The molecule has 0 saturated heterocycles. The Morgan fingerprint density at radius 3 is 2.48 bits per heavy atom. The molecule has 5 nitrogen and oxygen atoms in total. The highest BCUT2D eigenvalue weighted by molar-refractivity contribution is 8.64. The van der Waals surface area contributed by atoms with Gasteiger partial charge in [-0.15, -0.1) is 20.3 Å². The van der Waals surface area contributed by atoms with Crippen molar-refractivity contribution < 1.29 is 14.3 Å². The summed E-state index contributed by atoms with van der Waals surface area (Å²) in [5.41, 5.74) is 0. The first kappa shape index (κ1) is 21.6. The molecule has 0 rings (SSSR count). The molecule has 0 saturated carbocycles. The van der Waals surface area contributed by atoms with Crippen LogP contribution in [-0.2, 0) is 14.3 Å². The highest BCUT2D eigenvalue weighted by Crippen LogP contribution is 2.36. The monoisotopic (exact) mass is 356 g/mol. The summed E-state index contributed by atoms with van der Waals surface area (Å²) >= 11 is 1.85. The van der Waals surface area contributed by atoms with E-state index in [1.807, 2.05) is 25.4 Å². The van der Waals surface area contributed by atoms with Crippen LogP contribution in [-0.4, -0.2) is 51.3 Å². The third-order valence-corrected chi connectivity index (χ3v) is 6.47. The van der Waals surface area contributed by atoms with Gasteiger partial charge < -0.3 is 20.1 Å². The maximum Gasteiger partial charge on any atom is 0.237 e. The first-order valence-corrected chi connectivity index (χ1v) is 11.7. The lowest BCUT2D eigenvalue weighted by Crippen LogP contribution is -2.46. The van der Waals surface area contributed by atoms with Gasteiger partial charge in [-0.1, -0.05) is 0 Å². The lowest BCUT2D eigenvalue weighted by atomic mass is 10.1. The summed E-state index contributed by atoms with van der Waals surface area (Å²) in [5, 5.41) is 6.16. The first-order valence-electron chi connectivity index (χ1n) is 7.19. The molecule has 0 aliphatic rings. The van der Waals surface area contributed by atoms with E-state index < -0.39 is 0 Å². The zero-order valence-electron chi connectivity index (χ0n) is 13.5. The Morgan fingerprint density at radius 1 is 1.29 bits per heavy atom. The van der Waals surface area contributed by atoms with E-state index in [2.05, 4.69) is 19.6 Å². The van der Waals surface area contributed by atoms with Crippen molar-refractivity contribution in [1.82, 2.24) is 10.6 Å². The second-order valence-electron chi connectivity index (χ2n) is 4.84. The van der Waals surface area contributed by atoms with Crippen molar-refractivity contribution in [1.29, 1.82) is 0 Å². The number of nitrogens with one attached hydrogen (secondary N) is 2. The normalized spacial score (nSPS) is 14.8. The van der Waals surface area contributed by atoms with Gasteiger partial charge in [0.1, 0.15) is 0 Å². The fourth-order valence-electron chi connectivity index (χ4n) is 1.98. The standard InChI is InChI=1S/C13H30N2O3P2S/c1-10(6-5-7-12(17-3)18-4)15-13(16)11(14-2)8-9-21-20-19/h10-12,14,20H,5-9,19H2,1-4H3,(H,15,16)/t10-,11?/m0/s1. The predicted octanol–water partition coefficient (Wildman–Crippen LogP) is 2.38. The fourth-order valence-corrected chi connectivity index (χ4v) is 4.22. The molecule has 0 aromatic rings. The molecule has 1 amide bonds. The quantitative estimate of drug-likeness (QED) is 0.301. The van der Waals surface area contributed by atoms with Gasteiger partial charge in [-0.3, -0.25) is 4.79 Å². The van der Waals surface area contributed by atoms with Crippen molar-refractivity contribution in [3.8, 4) is 0 Å². The van der Waals surface area contributed by atoms with Crippen molar-refractivity contribution in [3.05, 3.63) is 0 Å². The van der Waals surface area contributed by atoms with Crippen molar-refractivity contribution in [2.45, 2.75) is 51.0 Å². The summed E-state index contributed by atoms with van der Waals surface area (Å²) in [7, 11) is 8.63. The Morgan fingerprint density at radius 2 is 1.95 bits per heavy atom. The van der Waals surface area contributed by atoms with Gasteiger partial charge in [-0.2, -0.15) is 0 Å². The zero-order chi connectivity index (χ0) is 16.1. The molecule has 0 fully saturated rings. The second kappa shape index (κ2) is 14.2. The van der Waals surface area contributed by atoms with Gasteiger partial charge in [0.05, 0.1) is 6.04 Å². The Hall–Kier alpha value is 0.560. The summed E-state index contributed by atoms with van der Waals surface area (Å²) in [6.07, 6.45) is 3.43. The third kappa shape index (κ3) is 10.8. The number of likely N-dealkylation sites (N-methyl/N-ethyl adjacent to an activating group) is 1. The van der Waals surface area contributed by atoms with Gasteiger partial charge in [0.25, 0.3) is 0 Å². The Balaban J connectivity index is 3.94. The van der Waals surface area contributed by atoms with Crippen molar-refractivity contribution in [3.63, 3.8) is 0 Å². The summed E-state index contributed by atoms with van der Waals surface area (Å²) < 4.78 is 10.3. The van der Waals surface area contributed by atoms with Gasteiger partial charge in [0, 0.05) is 20.3 Å². The Bertz CT molecular complexity index is 272. The van der Waals surface area contributed by atoms with E-state index in [0.717, 1.165) is 38.9 Å². The lowest BCUT2D eigenvalue weighted by molar-refractivity contribution is -0.123. The molecule has 0 heterocycles. The number of methoxy groups -OCH3 is 2. The van der Waals surface area contributed by atoms with Gasteiger partial charge in [-0.25, -0.2) is 0 Å². The van der Waals surface area contributed by atoms with E-state index in [4.69, 9.17) is 9.47 Å². The first-order chi connectivity index (χ1) is 10.1. The molecule has 126 valence electrons. The molecule has 0 aromatic carbocycles. The molecule has 0 radical (unpaired) electrons. The molecular formula is C13H30N2O3P2S. The molecule has 0 bridgehead atoms. The molecule has 3 unspecified atom stereocenters. The van der Waals surface area contributed by atoms with Crippen molar-refractivity contribution >= 4 is 33.7 Å². The van der Waals surface area contributed by atoms with E-state index in [1.54, 1.807) is 14.2 Å². The number of carbonyl (C=O) groups is 1. The van der Waals surface area contributed by atoms with E-state index >= 15 is 0 Å². The maximum atomic E-state index is 12.2. The van der Waals surface area contributed by atoms with Crippen LogP contribution in [0, 0.1) is 0 Å². The van der Waals surface area contributed by atoms with Crippen LogP contribution in [0.15, 0.2) is 0 Å². The Labute approximate surface area is 137 Å². The minimum Gasteiger partial charge on any atom is -0.356 e. The number of carbonyl (C=O) groups excluding carboxylic acids is 1. The molecule has 0 aliphatic carbocycles. The summed E-state index contributed by atoms with van der Waals surface area (Å²) in [4.78, 5) is 12.2. The maximum absolute atomic E-state index is 12.2. The number of amides is 1. The molecule has 0 spiro atoms. The number of hydrogen-bond acceptors (Lipinski definition) is 5. The second-order valence-corrected chi connectivity index (χ2v) is 9.46. The van der Waals surface area contributed by atoms with Crippen LogP contribution in [0.3, 0.4) is 0 Å². The van der Waals surface area contributed by atoms with E-state index in [-0.39, 0.29) is 24.3 Å². The van der Waals surface area contributed by atoms with E-state index in [9.17, 15) is 4.79 Å². The Kier molecular flexibility index (Phi) is 14.5. The average molecular weight is 356 g/mol. The van der Waals surface area contributed by atoms with Crippen LogP contribution in [0.5, 0.6) is 0 Å². The summed E-state index contributed by atoms with van der Waals surface area (Å²) in [5.74, 6) is 1.09. The number of hydrogen-bond donors (Lipinski definition) is 2. The van der Waals surface area contributed by atoms with Crippen LogP contribution in [0.25, 0.3) is 0 Å². The third-order valence-electron chi connectivity index (χ3n) is 3.25. The summed E-state index contributed by atoms with van der Waals surface area (Å²) in [6, 6.07) is 0.0611. The van der Waals surface area contributed by atoms with E-state index in [0.29, 0.717) is 0 Å². The van der Waals surface area contributed by atoms with Gasteiger partial charge >= 0.3 is 0 Å². The average Bonchev–Trinajstić information content (AvgIpc) is 2.48. The predicted molar refractivity (Wildman–Crippen MR) is 97.2 cm³/mol. The number of rotatable bonds is 13. The molecule has 4 atom stereocenters. The topological polar surface area (TPSA) is 59.6 Å². The van der Waals surface area contributed by atoms with Crippen LogP contribution < -0.4 is 10.6 Å². The minimum absolute atomic E-state index is 0.0905.